The van der Waals surface area contributed by atoms with Crippen LogP contribution in [0.25, 0.3) is 6.08 Å². The fraction of sp³-hybridized carbons (Fsp3) is 0.333. The van der Waals surface area contributed by atoms with E-state index in [1.54, 1.807) is 6.07 Å². The summed E-state index contributed by atoms with van der Waals surface area (Å²) in [5, 5.41) is 10.9. The van der Waals surface area contributed by atoms with Crippen molar-refractivity contribution >= 4 is 57.2 Å². The van der Waals surface area contributed by atoms with Crippen LogP contribution in [-0.4, -0.2) is 34.2 Å². The summed E-state index contributed by atoms with van der Waals surface area (Å²) in [6, 6.07) is 13.5. The number of phenolic OH excluding ortho intramolecular Hbond substituents is 1. The molecule has 0 unspecified atom stereocenters. The molecule has 162 valence electrons. The van der Waals surface area contributed by atoms with Gasteiger partial charge in [-0.25, -0.2) is 4.99 Å². The maximum absolute atomic E-state index is 13.5. The summed E-state index contributed by atoms with van der Waals surface area (Å²) < 4.78 is 5.95. The van der Waals surface area contributed by atoms with Crippen molar-refractivity contribution in [2.24, 2.45) is 10.9 Å². The quantitative estimate of drug-likeness (QED) is 0.366. The van der Waals surface area contributed by atoms with E-state index in [1.165, 1.54) is 25.3 Å². The Morgan fingerprint density at radius 1 is 1.23 bits per heavy atom. The second kappa shape index (κ2) is 9.65. The van der Waals surface area contributed by atoms with Gasteiger partial charge in [-0.15, -0.1) is 0 Å². The van der Waals surface area contributed by atoms with Gasteiger partial charge in [-0.2, -0.15) is 0 Å². The first kappa shape index (κ1) is 22.2. The van der Waals surface area contributed by atoms with Gasteiger partial charge in [0, 0.05) is 6.04 Å². The number of aromatic hydroxyl groups is 1. The summed E-state index contributed by atoms with van der Waals surface area (Å²) >= 11 is 3.48. The number of rotatable bonds is 4. The summed E-state index contributed by atoms with van der Waals surface area (Å²) in [5.74, 6) is 0.943. The molecule has 1 aliphatic carbocycles. The zero-order valence-electron chi connectivity index (χ0n) is 17.5. The van der Waals surface area contributed by atoms with E-state index in [-0.39, 0.29) is 17.7 Å². The third-order valence-electron chi connectivity index (χ3n) is 5.78. The molecule has 7 heteroatoms. The molecule has 0 spiro atoms. The Labute approximate surface area is 200 Å². The molecule has 1 saturated carbocycles. The topological polar surface area (TPSA) is 62.1 Å². The van der Waals surface area contributed by atoms with Crippen LogP contribution in [0.2, 0.25) is 0 Å². The van der Waals surface area contributed by atoms with Gasteiger partial charge in [0.15, 0.2) is 16.7 Å². The standard InChI is InChI=1S/C24H25IN2O3S/c1-15-8-6-7-11-19(15)27-23(29)21(31-24(27)26-17-9-4-3-5-10-17)14-16-12-18(25)22(28)20(13-16)30-2/h3-5,9-10,12-15,19,28H,6-8,11H2,1-2H3/b21-14-,26-24?/t15-,19+/m0/s1. The SMILES string of the molecule is COc1cc(/C=C2\SC(=Nc3ccccc3)N([C@@H]3CCCC[C@@H]3C)C2=O)cc(I)c1O. The van der Waals surface area contributed by atoms with Gasteiger partial charge in [0.1, 0.15) is 0 Å². The Balaban J connectivity index is 1.74. The minimum Gasteiger partial charge on any atom is -0.504 e. The molecule has 0 bridgehead atoms. The van der Waals surface area contributed by atoms with Crippen LogP contribution in [0.3, 0.4) is 0 Å². The van der Waals surface area contributed by atoms with Crippen LogP contribution in [0, 0.1) is 9.49 Å². The second-order valence-corrected chi connectivity index (χ2v) is 10.1. The van der Waals surface area contributed by atoms with E-state index in [2.05, 4.69) is 29.5 Å². The number of amidine groups is 1. The number of ether oxygens (including phenoxy) is 1. The number of benzene rings is 2. The third-order valence-corrected chi connectivity index (χ3v) is 7.59. The van der Waals surface area contributed by atoms with Crippen molar-refractivity contribution in [1.82, 2.24) is 4.90 Å². The van der Waals surface area contributed by atoms with Gasteiger partial charge in [0.05, 0.1) is 21.3 Å². The lowest BCUT2D eigenvalue weighted by atomic mass is 9.85. The zero-order valence-corrected chi connectivity index (χ0v) is 20.5. The average molecular weight is 548 g/mol. The minimum atomic E-state index is 0.000445. The van der Waals surface area contributed by atoms with Crippen LogP contribution in [0.4, 0.5) is 5.69 Å². The highest BCUT2D eigenvalue weighted by Gasteiger charge is 2.41. The molecule has 5 nitrogen and oxygen atoms in total. The number of carbonyl (C=O) groups excluding carboxylic acids is 1. The van der Waals surface area contributed by atoms with Crippen LogP contribution < -0.4 is 4.74 Å². The number of thioether (sulfide) groups is 1. The average Bonchev–Trinajstić information content (AvgIpc) is 3.06. The fourth-order valence-electron chi connectivity index (χ4n) is 4.13. The van der Waals surface area contributed by atoms with E-state index in [9.17, 15) is 9.90 Å². The Bertz CT molecular complexity index is 1040. The van der Waals surface area contributed by atoms with Gasteiger partial charge in [0.25, 0.3) is 5.91 Å². The van der Waals surface area contributed by atoms with Gasteiger partial charge >= 0.3 is 0 Å². The van der Waals surface area contributed by atoms with Crippen molar-refractivity contribution in [1.29, 1.82) is 0 Å². The molecule has 2 aromatic rings. The summed E-state index contributed by atoms with van der Waals surface area (Å²) in [7, 11) is 1.52. The van der Waals surface area contributed by atoms with Gasteiger partial charge in [-0.3, -0.25) is 9.69 Å². The van der Waals surface area contributed by atoms with Crippen LogP contribution in [0.5, 0.6) is 11.5 Å². The highest BCUT2D eigenvalue weighted by molar-refractivity contribution is 14.1. The van der Waals surface area contributed by atoms with Crippen molar-refractivity contribution in [3.8, 4) is 11.5 Å². The van der Waals surface area contributed by atoms with Crippen LogP contribution >= 0.6 is 34.4 Å². The molecule has 2 atom stereocenters. The first-order chi connectivity index (χ1) is 15.0. The molecule has 2 fully saturated rings. The number of aliphatic imine (C=N–C) groups is 1. The summed E-state index contributed by atoms with van der Waals surface area (Å²) in [6.07, 6.45) is 6.34. The highest BCUT2D eigenvalue weighted by Crippen LogP contribution is 2.41. The molecule has 1 aliphatic heterocycles. The van der Waals surface area contributed by atoms with E-state index in [0.29, 0.717) is 20.1 Å². The molecule has 2 aliphatic rings. The number of carbonyl (C=O) groups is 1. The predicted octanol–water partition coefficient (Wildman–Crippen LogP) is 6.19. The molecule has 1 N–H and O–H groups in total. The number of amides is 1. The number of phenols is 1. The first-order valence-corrected chi connectivity index (χ1v) is 12.3. The summed E-state index contributed by atoms with van der Waals surface area (Å²) in [5.41, 5.74) is 1.65. The number of nitrogens with zero attached hydrogens (tertiary/aromatic N) is 2. The lowest BCUT2D eigenvalue weighted by Crippen LogP contribution is -2.44. The molecule has 0 aromatic heterocycles. The maximum atomic E-state index is 13.5. The van der Waals surface area contributed by atoms with E-state index >= 15 is 0 Å². The Kier molecular flexibility index (Phi) is 6.91. The van der Waals surface area contributed by atoms with E-state index < -0.39 is 0 Å². The molecule has 4 rings (SSSR count). The molecule has 1 amide bonds. The molecule has 31 heavy (non-hydrogen) atoms. The van der Waals surface area contributed by atoms with E-state index in [4.69, 9.17) is 9.73 Å². The molecule has 1 heterocycles. The number of methoxy groups -OCH3 is 1. The fourth-order valence-corrected chi connectivity index (χ4v) is 5.80. The van der Waals surface area contributed by atoms with Crippen LogP contribution in [0.15, 0.2) is 52.4 Å². The first-order valence-electron chi connectivity index (χ1n) is 10.4. The highest BCUT2D eigenvalue weighted by atomic mass is 127. The van der Waals surface area contributed by atoms with Crippen LogP contribution in [0.1, 0.15) is 38.2 Å². The predicted molar refractivity (Wildman–Crippen MR) is 135 cm³/mol. The van der Waals surface area contributed by atoms with E-state index in [1.807, 2.05) is 47.4 Å². The number of hydrogen-bond acceptors (Lipinski definition) is 5. The van der Waals surface area contributed by atoms with Crippen LogP contribution in [-0.2, 0) is 4.79 Å². The third kappa shape index (κ3) is 4.77. The Hall–Kier alpha value is -2.00. The minimum absolute atomic E-state index is 0.000445. The van der Waals surface area contributed by atoms with Crippen molar-refractivity contribution in [3.05, 3.63) is 56.5 Å². The maximum Gasteiger partial charge on any atom is 0.267 e. The Morgan fingerprint density at radius 3 is 2.68 bits per heavy atom. The Morgan fingerprint density at radius 2 is 1.97 bits per heavy atom. The smallest absolute Gasteiger partial charge is 0.267 e. The molecule has 0 radical (unpaired) electrons. The van der Waals surface area contributed by atoms with Crippen molar-refractivity contribution in [2.45, 2.75) is 38.6 Å². The van der Waals surface area contributed by atoms with Crippen molar-refractivity contribution in [3.63, 3.8) is 0 Å². The lowest BCUT2D eigenvalue weighted by molar-refractivity contribution is -0.124. The number of halogens is 1. The molecule has 1 saturated heterocycles. The van der Waals surface area contributed by atoms with Gasteiger partial charge in [-0.1, -0.05) is 38.0 Å². The van der Waals surface area contributed by atoms with Gasteiger partial charge < -0.3 is 9.84 Å². The van der Waals surface area contributed by atoms with E-state index in [0.717, 1.165) is 35.7 Å². The molecule has 2 aromatic carbocycles. The monoisotopic (exact) mass is 548 g/mol. The van der Waals surface area contributed by atoms with Gasteiger partial charge in [0.2, 0.25) is 0 Å². The molecular weight excluding hydrogens is 523 g/mol. The normalized spacial score (nSPS) is 24.2. The summed E-state index contributed by atoms with van der Waals surface area (Å²) in [6.45, 7) is 2.23. The summed E-state index contributed by atoms with van der Waals surface area (Å²) in [4.78, 5) is 20.9. The number of para-hydroxylation sites is 1. The lowest BCUT2D eigenvalue weighted by Gasteiger charge is -2.35. The number of hydrogen-bond donors (Lipinski definition) is 1. The molecular formula is C24H25IN2O3S. The second-order valence-electron chi connectivity index (χ2n) is 7.90. The van der Waals surface area contributed by atoms with Crippen molar-refractivity contribution in [2.75, 3.05) is 7.11 Å². The van der Waals surface area contributed by atoms with Gasteiger partial charge in [-0.05, 0) is 89.0 Å². The zero-order chi connectivity index (χ0) is 22.0. The van der Waals surface area contributed by atoms with Crippen molar-refractivity contribution < 1.29 is 14.6 Å². The largest absolute Gasteiger partial charge is 0.504 e.